The van der Waals surface area contributed by atoms with Crippen LogP contribution in [0.4, 0.5) is 0 Å². The zero-order valence-electron chi connectivity index (χ0n) is 12.2. The molecule has 1 saturated carbocycles. The highest BCUT2D eigenvalue weighted by atomic mass is 16.5. The van der Waals surface area contributed by atoms with Crippen molar-refractivity contribution >= 4 is 0 Å². The van der Waals surface area contributed by atoms with Crippen LogP contribution in [-0.2, 0) is 17.7 Å². The van der Waals surface area contributed by atoms with E-state index in [1.165, 1.54) is 55.7 Å². The van der Waals surface area contributed by atoms with Gasteiger partial charge in [-0.3, -0.25) is 0 Å². The number of imidazole rings is 1. The predicted molar refractivity (Wildman–Crippen MR) is 77.9 cm³/mol. The third-order valence-electron chi connectivity index (χ3n) is 5.17. The molecule has 0 spiro atoms. The molecule has 1 atom stereocenters. The van der Waals surface area contributed by atoms with E-state index >= 15 is 0 Å². The van der Waals surface area contributed by atoms with Crippen LogP contribution in [0.5, 0.6) is 0 Å². The summed E-state index contributed by atoms with van der Waals surface area (Å²) in [5.74, 6) is 2.08. The summed E-state index contributed by atoms with van der Waals surface area (Å²) in [6.07, 6.45) is 9.00. The Hall–Kier alpha value is -0.870. The van der Waals surface area contributed by atoms with Crippen LogP contribution in [0, 0.1) is 0 Å². The highest BCUT2D eigenvalue weighted by Crippen LogP contribution is 2.37. The molecule has 110 valence electrons. The van der Waals surface area contributed by atoms with Crippen molar-refractivity contribution in [1.29, 1.82) is 0 Å². The quantitative estimate of drug-likeness (QED) is 0.901. The Balaban J connectivity index is 1.73. The maximum absolute atomic E-state index is 5.75. The topological polar surface area (TPSA) is 39.1 Å². The van der Waals surface area contributed by atoms with Gasteiger partial charge in [-0.25, -0.2) is 4.98 Å². The lowest BCUT2D eigenvalue weighted by Crippen LogP contribution is -2.29. The Morgan fingerprint density at radius 1 is 1.15 bits per heavy atom. The van der Waals surface area contributed by atoms with Gasteiger partial charge in [0.15, 0.2) is 0 Å². The number of hydrogen-bond donors (Lipinski definition) is 1. The minimum atomic E-state index is 0.536. The third kappa shape index (κ3) is 2.19. The molecule has 3 aliphatic rings. The minimum absolute atomic E-state index is 0.536. The fourth-order valence-electron chi connectivity index (χ4n) is 4.16. The summed E-state index contributed by atoms with van der Waals surface area (Å²) >= 11 is 0. The molecule has 1 unspecified atom stereocenters. The first-order chi connectivity index (χ1) is 9.93. The lowest BCUT2D eigenvalue weighted by atomic mass is 10.0. The molecule has 2 aliphatic heterocycles. The second kappa shape index (κ2) is 5.49. The summed E-state index contributed by atoms with van der Waals surface area (Å²) in [5.41, 5.74) is 2.81. The number of hydrogen-bond acceptors (Lipinski definition) is 3. The van der Waals surface area contributed by atoms with Gasteiger partial charge in [0, 0.05) is 37.7 Å². The smallest absolute Gasteiger partial charge is 0.112 e. The Morgan fingerprint density at radius 3 is 2.85 bits per heavy atom. The third-order valence-corrected chi connectivity index (χ3v) is 5.17. The summed E-state index contributed by atoms with van der Waals surface area (Å²) in [7, 11) is 0. The van der Waals surface area contributed by atoms with E-state index in [1.54, 1.807) is 0 Å². The molecule has 4 heteroatoms. The summed E-state index contributed by atoms with van der Waals surface area (Å²) in [5, 5.41) is 3.47. The van der Waals surface area contributed by atoms with Crippen LogP contribution < -0.4 is 5.32 Å². The van der Waals surface area contributed by atoms with E-state index in [4.69, 9.17) is 9.72 Å². The summed E-state index contributed by atoms with van der Waals surface area (Å²) in [4.78, 5) is 5.05. The van der Waals surface area contributed by atoms with E-state index in [9.17, 15) is 0 Å². The molecule has 0 radical (unpaired) electrons. The maximum atomic E-state index is 5.75. The highest BCUT2D eigenvalue weighted by Gasteiger charge is 2.31. The van der Waals surface area contributed by atoms with Gasteiger partial charge in [-0.1, -0.05) is 12.8 Å². The summed E-state index contributed by atoms with van der Waals surface area (Å²) in [6, 6.07) is 0.536. The second-order valence-electron chi connectivity index (χ2n) is 6.51. The summed E-state index contributed by atoms with van der Waals surface area (Å²) < 4.78 is 8.35. The second-order valence-corrected chi connectivity index (χ2v) is 6.51. The zero-order valence-corrected chi connectivity index (χ0v) is 12.2. The molecule has 1 saturated heterocycles. The average molecular weight is 275 g/mol. The number of ether oxygens (including phenoxy) is 1. The molecule has 1 N–H and O–H groups in total. The van der Waals surface area contributed by atoms with Gasteiger partial charge in [0.25, 0.3) is 0 Å². The molecule has 0 amide bonds. The van der Waals surface area contributed by atoms with Gasteiger partial charge >= 0.3 is 0 Å². The van der Waals surface area contributed by atoms with Gasteiger partial charge in [-0.2, -0.15) is 0 Å². The maximum Gasteiger partial charge on any atom is 0.112 e. The van der Waals surface area contributed by atoms with Crippen LogP contribution in [0.3, 0.4) is 0 Å². The first-order valence-electron chi connectivity index (χ1n) is 8.32. The van der Waals surface area contributed by atoms with Crippen molar-refractivity contribution in [3.63, 3.8) is 0 Å². The van der Waals surface area contributed by atoms with E-state index in [-0.39, 0.29) is 0 Å². The molecular formula is C16H25N3O. The normalized spacial score (nSPS) is 27.7. The van der Waals surface area contributed by atoms with Gasteiger partial charge in [0.2, 0.25) is 0 Å². The fourth-order valence-corrected chi connectivity index (χ4v) is 4.16. The fraction of sp³-hybridized carbons (Fsp3) is 0.812. The predicted octanol–water partition coefficient (Wildman–Crippen LogP) is 2.54. The molecule has 20 heavy (non-hydrogen) atoms. The van der Waals surface area contributed by atoms with Gasteiger partial charge in [-0.05, 0) is 25.7 Å². The summed E-state index contributed by atoms with van der Waals surface area (Å²) in [6.45, 7) is 3.87. The lowest BCUT2D eigenvalue weighted by molar-refractivity contribution is 0.0568. The molecule has 3 heterocycles. The number of fused-ring (bicyclic) bond motifs is 1. The Labute approximate surface area is 120 Å². The van der Waals surface area contributed by atoms with E-state index in [0.717, 1.165) is 32.7 Å². The van der Waals surface area contributed by atoms with Crippen molar-refractivity contribution < 1.29 is 4.74 Å². The van der Waals surface area contributed by atoms with Crippen LogP contribution in [0.25, 0.3) is 0 Å². The Morgan fingerprint density at radius 2 is 2.05 bits per heavy atom. The van der Waals surface area contributed by atoms with Gasteiger partial charge in [0.05, 0.1) is 18.3 Å². The number of aromatic nitrogens is 2. The highest BCUT2D eigenvalue weighted by molar-refractivity contribution is 5.24. The zero-order chi connectivity index (χ0) is 13.4. The molecular weight excluding hydrogens is 250 g/mol. The molecule has 1 aromatic heterocycles. The monoisotopic (exact) mass is 275 g/mol. The van der Waals surface area contributed by atoms with Crippen molar-refractivity contribution in [2.75, 3.05) is 19.8 Å². The number of rotatable bonds is 2. The van der Waals surface area contributed by atoms with Gasteiger partial charge in [0.1, 0.15) is 5.82 Å². The van der Waals surface area contributed by atoms with Crippen molar-refractivity contribution in [2.45, 2.75) is 63.5 Å². The van der Waals surface area contributed by atoms with Crippen LogP contribution >= 0.6 is 0 Å². The number of nitrogens with zero attached hydrogens (tertiary/aromatic N) is 2. The van der Waals surface area contributed by atoms with Crippen LogP contribution in [0.15, 0.2) is 0 Å². The molecule has 2 fully saturated rings. The van der Waals surface area contributed by atoms with Crippen molar-refractivity contribution in [2.24, 2.45) is 0 Å². The van der Waals surface area contributed by atoms with Crippen molar-refractivity contribution in [1.82, 2.24) is 14.9 Å². The first kappa shape index (κ1) is 12.8. The molecule has 4 nitrogen and oxygen atoms in total. The lowest BCUT2D eigenvalue weighted by Gasteiger charge is -2.29. The largest absolute Gasteiger partial charge is 0.379 e. The Bertz CT molecular complexity index is 470. The van der Waals surface area contributed by atoms with Crippen LogP contribution in [0.1, 0.15) is 67.7 Å². The molecule has 1 aliphatic carbocycles. The van der Waals surface area contributed by atoms with Gasteiger partial charge in [-0.15, -0.1) is 0 Å². The van der Waals surface area contributed by atoms with Gasteiger partial charge < -0.3 is 14.6 Å². The molecule has 4 rings (SSSR count). The van der Waals surface area contributed by atoms with Crippen LogP contribution in [-0.4, -0.2) is 29.3 Å². The molecule has 0 bridgehead atoms. The van der Waals surface area contributed by atoms with E-state index in [0.29, 0.717) is 12.0 Å². The van der Waals surface area contributed by atoms with E-state index in [1.807, 2.05) is 0 Å². The van der Waals surface area contributed by atoms with Crippen molar-refractivity contribution in [3.05, 3.63) is 17.2 Å². The number of nitrogens with one attached hydrogen (secondary N) is 1. The molecule has 0 aromatic carbocycles. The first-order valence-corrected chi connectivity index (χ1v) is 8.32. The van der Waals surface area contributed by atoms with Crippen LogP contribution in [0.2, 0.25) is 0 Å². The van der Waals surface area contributed by atoms with Crippen molar-refractivity contribution in [3.8, 4) is 0 Å². The van der Waals surface area contributed by atoms with E-state index in [2.05, 4.69) is 9.88 Å². The average Bonchev–Trinajstić information content (AvgIpc) is 3.15. The Kier molecular flexibility index (Phi) is 3.52. The minimum Gasteiger partial charge on any atom is -0.379 e. The van der Waals surface area contributed by atoms with E-state index < -0.39 is 0 Å². The molecule has 1 aromatic rings. The SMILES string of the molecule is C1CCC(c2nc3c(n2C2CCCOC2)CCNC3)C1. The standard InChI is InChI=1S/C16H25N3O/c1-2-5-12(4-1)16-18-14-10-17-8-7-15(14)19(16)13-6-3-9-20-11-13/h12-13,17H,1-11H2.